The molecule has 10 nitrogen and oxygen atoms in total. The molecule has 1 fully saturated rings. The van der Waals surface area contributed by atoms with Gasteiger partial charge in [0.1, 0.15) is 17.3 Å². The average Bonchev–Trinajstić information content (AvgIpc) is 3.52. The Morgan fingerprint density at radius 3 is 2.49 bits per heavy atom. The van der Waals surface area contributed by atoms with Crippen molar-refractivity contribution in [1.82, 2.24) is 19.8 Å². The van der Waals surface area contributed by atoms with Crippen molar-refractivity contribution < 1.29 is 24.2 Å². The Bertz CT molecular complexity index is 1950. The molecule has 47 heavy (non-hydrogen) atoms. The smallest absolute Gasteiger partial charge is 0.336 e. The molecule has 5 aromatic rings. The first-order valence-electron chi connectivity index (χ1n) is 15.7. The summed E-state index contributed by atoms with van der Waals surface area (Å²) in [7, 11) is 0. The molecule has 10 heteroatoms. The van der Waals surface area contributed by atoms with Crippen molar-refractivity contribution in [3.05, 3.63) is 108 Å². The molecule has 0 spiro atoms. The van der Waals surface area contributed by atoms with Crippen LogP contribution in [0.5, 0.6) is 5.75 Å². The molecule has 1 atom stereocenters. The first-order chi connectivity index (χ1) is 22.7. The van der Waals surface area contributed by atoms with E-state index in [2.05, 4.69) is 10.2 Å². The molecular formula is C37H37N5O5. The van der Waals surface area contributed by atoms with Gasteiger partial charge in [0.05, 0.1) is 23.9 Å². The van der Waals surface area contributed by atoms with Crippen molar-refractivity contribution in [3.8, 4) is 22.8 Å². The number of carboxylic acids is 1. The van der Waals surface area contributed by atoms with E-state index in [9.17, 15) is 19.5 Å². The van der Waals surface area contributed by atoms with Gasteiger partial charge in [-0.15, -0.1) is 0 Å². The lowest BCUT2D eigenvalue weighted by Gasteiger charge is -2.42. The van der Waals surface area contributed by atoms with Crippen molar-refractivity contribution >= 4 is 34.2 Å². The maximum Gasteiger partial charge on any atom is 0.336 e. The minimum Gasteiger partial charge on any atom is -0.494 e. The van der Waals surface area contributed by atoms with E-state index in [1.807, 2.05) is 91.2 Å². The van der Waals surface area contributed by atoms with Crippen LogP contribution in [-0.2, 0) is 4.79 Å². The minimum atomic E-state index is -1.00. The Hall–Kier alpha value is -5.64. The molecule has 1 aliphatic rings. The number of carboxylic acid groups (broad SMARTS) is 1. The van der Waals surface area contributed by atoms with Gasteiger partial charge in [-0.3, -0.25) is 14.2 Å². The van der Waals surface area contributed by atoms with Gasteiger partial charge >= 0.3 is 5.97 Å². The Labute approximate surface area is 273 Å². The number of rotatable bonds is 9. The lowest BCUT2D eigenvalue weighted by Crippen LogP contribution is -2.59. The number of nitrogens with zero attached hydrogens (tertiary/aromatic N) is 4. The van der Waals surface area contributed by atoms with Gasteiger partial charge in [0.25, 0.3) is 5.91 Å². The molecule has 0 radical (unpaired) electrons. The lowest BCUT2D eigenvalue weighted by molar-refractivity contribution is -0.119. The van der Waals surface area contributed by atoms with Crippen molar-refractivity contribution in [2.75, 3.05) is 37.7 Å². The summed E-state index contributed by atoms with van der Waals surface area (Å²) in [6.45, 7) is 7.38. The van der Waals surface area contributed by atoms with Gasteiger partial charge in [0.2, 0.25) is 5.91 Å². The van der Waals surface area contributed by atoms with Crippen LogP contribution in [0.25, 0.3) is 27.8 Å². The second-order valence-corrected chi connectivity index (χ2v) is 11.7. The van der Waals surface area contributed by atoms with E-state index < -0.39 is 12.0 Å². The van der Waals surface area contributed by atoms with Crippen molar-refractivity contribution in [3.63, 3.8) is 0 Å². The van der Waals surface area contributed by atoms with Gasteiger partial charge in [-0.2, -0.15) is 0 Å². The SMILES string of the molecule is CCOc1cccc(-n2cc(C(=O)N3CCN(c4cc(C(=O)O)c5ccccc5c4)C[C@@H]3CNC(C)=O)nc2-c2ccc(C)cc2)c1. The molecule has 0 bridgehead atoms. The van der Waals surface area contributed by atoms with E-state index in [-0.39, 0.29) is 29.6 Å². The Kier molecular flexibility index (Phi) is 8.92. The van der Waals surface area contributed by atoms with Crippen LogP contribution in [0.2, 0.25) is 0 Å². The van der Waals surface area contributed by atoms with Crippen LogP contribution in [0, 0.1) is 6.92 Å². The molecule has 0 aliphatic carbocycles. The number of benzene rings is 4. The van der Waals surface area contributed by atoms with Gasteiger partial charge in [0, 0.05) is 56.6 Å². The standard InChI is InChI=1S/C37H37N5O5/c1-4-47-31-10-7-9-28(19-31)42-23-34(39-35(42)26-14-12-24(2)13-15-26)36(44)41-17-16-40(22-30(41)21-38-25(3)43)29-18-27-8-5-6-11-32(27)33(20-29)37(45)46/h5-15,18-20,23,30H,4,16-17,21-22H2,1-3H3,(H,38,43)(H,45,46)/t30-/m0/s1. The maximum absolute atomic E-state index is 14.3. The number of nitrogens with one attached hydrogen (secondary N) is 1. The van der Waals surface area contributed by atoms with E-state index in [0.29, 0.717) is 43.2 Å². The zero-order valence-corrected chi connectivity index (χ0v) is 26.6. The van der Waals surface area contributed by atoms with E-state index in [0.717, 1.165) is 27.9 Å². The summed E-state index contributed by atoms with van der Waals surface area (Å²) in [4.78, 5) is 47.1. The molecule has 2 heterocycles. The van der Waals surface area contributed by atoms with Crippen LogP contribution in [0.4, 0.5) is 5.69 Å². The summed E-state index contributed by atoms with van der Waals surface area (Å²) in [5.74, 6) is -0.117. The number of carbonyl (C=O) groups excluding carboxylic acids is 2. The highest BCUT2D eigenvalue weighted by molar-refractivity contribution is 6.05. The summed E-state index contributed by atoms with van der Waals surface area (Å²) in [5, 5.41) is 14.3. The number of amides is 2. The number of imidazole rings is 1. The first kappa shape index (κ1) is 31.3. The van der Waals surface area contributed by atoms with E-state index in [1.54, 1.807) is 23.2 Å². The predicted octanol–water partition coefficient (Wildman–Crippen LogP) is 5.56. The molecule has 0 unspecified atom stereocenters. The zero-order valence-electron chi connectivity index (χ0n) is 26.6. The third-order valence-corrected chi connectivity index (χ3v) is 8.41. The van der Waals surface area contributed by atoms with E-state index in [1.165, 1.54) is 6.92 Å². The fraction of sp³-hybridized carbons (Fsp3) is 0.243. The van der Waals surface area contributed by atoms with Crippen molar-refractivity contribution in [2.45, 2.75) is 26.8 Å². The monoisotopic (exact) mass is 631 g/mol. The summed E-state index contributed by atoms with van der Waals surface area (Å²) in [6, 6.07) is 26.3. The normalized spacial score (nSPS) is 14.7. The highest BCUT2D eigenvalue weighted by Crippen LogP contribution is 2.30. The van der Waals surface area contributed by atoms with Gasteiger partial charge in [-0.1, -0.05) is 60.2 Å². The summed E-state index contributed by atoms with van der Waals surface area (Å²) >= 11 is 0. The molecule has 1 aliphatic heterocycles. The largest absolute Gasteiger partial charge is 0.494 e. The van der Waals surface area contributed by atoms with Gasteiger partial charge in [-0.25, -0.2) is 9.78 Å². The topological polar surface area (TPSA) is 117 Å². The van der Waals surface area contributed by atoms with Crippen LogP contribution < -0.4 is 15.0 Å². The quantitative estimate of drug-likeness (QED) is 0.219. The number of aromatic nitrogens is 2. The van der Waals surface area contributed by atoms with Gasteiger partial charge < -0.3 is 25.0 Å². The number of aromatic carboxylic acids is 1. The molecule has 1 saturated heterocycles. The number of aryl methyl sites for hydroxylation is 1. The summed E-state index contributed by atoms with van der Waals surface area (Å²) in [5.41, 5.74) is 4.04. The van der Waals surface area contributed by atoms with Crippen LogP contribution in [0.3, 0.4) is 0 Å². The number of carbonyl (C=O) groups is 3. The number of hydrogen-bond acceptors (Lipinski definition) is 6. The molecule has 6 rings (SSSR count). The van der Waals surface area contributed by atoms with Crippen LogP contribution in [0.1, 0.15) is 40.3 Å². The van der Waals surface area contributed by atoms with Crippen LogP contribution >= 0.6 is 0 Å². The van der Waals surface area contributed by atoms with E-state index >= 15 is 0 Å². The van der Waals surface area contributed by atoms with Crippen LogP contribution in [0.15, 0.2) is 91.1 Å². The number of hydrogen-bond donors (Lipinski definition) is 2. The van der Waals surface area contributed by atoms with Crippen molar-refractivity contribution in [2.24, 2.45) is 0 Å². The molecule has 1 aromatic heterocycles. The fourth-order valence-electron chi connectivity index (χ4n) is 6.07. The zero-order chi connectivity index (χ0) is 33.1. The maximum atomic E-state index is 14.3. The summed E-state index contributed by atoms with van der Waals surface area (Å²) < 4.78 is 7.65. The Morgan fingerprint density at radius 2 is 1.74 bits per heavy atom. The second kappa shape index (κ2) is 13.4. The fourth-order valence-corrected chi connectivity index (χ4v) is 6.07. The van der Waals surface area contributed by atoms with Crippen molar-refractivity contribution in [1.29, 1.82) is 0 Å². The van der Waals surface area contributed by atoms with Gasteiger partial charge in [0.15, 0.2) is 0 Å². The molecule has 2 amide bonds. The summed E-state index contributed by atoms with van der Waals surface area (Å²) in [6.07, 6.45) is 1.76. The molecule has 240 valence electrons. The third-order valence-electron chi connectivity index (χ3n) is 8.41. The number of anilines is 1. The highest BCUT2D eigenvalue weighted by Gasteiger charge is 2.33. The highest BCUT2D eigenvalue weighted by atomic mass is 16.5. The van der Waals surface area contributed by atoms with Gasteiger partial charge in [-0.05, 0) is 48.9 Å². The van der Waals surface area contributed by atoms with E-state index in [4.69, 9.17) is 9.72 Å². The number of fused-ring (bicyclic) bond motifs is 1. The predicted molar refractivity (Wildman–Crippen MR) is 182 cm³/mol. The third kappa shape index (κ3) is 6.67. The number of ether oxygens (including phenoxy) is 1. The molecule has 2 N–H and O–H groups in total. The molecule has 0 saturated carbocycles. The molecule has 4 aromatic carbocycles. The second-order valence-electron chi connectivity index (χ2n) is 11.7. The average molecular weight is 632 g/mol. The number of piperazine rings is 1. The van der Waals surface area contributed by atoms with Crippen LogP contribution in [-0.4, -0.2) is 76.2 Å². The lowest BCUT2D eigenvalue weighted by atomic mass is 10.0. The Morgan fingerprint density at radius 1 is 0.957 bits per heavy atom. The first-order valence-corrected chi connectivity index (χ1v) is 15.7. The Balaban J connectivity index is 1.35. The molecular weight excluding hydrogens is 594 g/mol. The minimum absolute atomic E-state index is 0.200.